The van der Waals surface area contributed by atoms with Crippen molar-refractivity contribution in [3.05, 3.63) is 65.7 Å². The van der Waals surface area contributed by atoms with E-state index in [1.165, 1.54) is 18.2 Å². The van der Waals surface area contributed by atoms with E-state index in [-0.39, 0.29) is 10.7 Å². The SMILES string of the molecule is CCOc1ccccc1C=CC(=O)c1ccc(S(=O)(=O)N2CCCCCC2)cc1. The smallest absolute Gasteiger partial charge is 0.243 e. The Morgan fingerprint density at radius 2 is 1.66 bits per heavy atom. The fourth-order valence-electron chi connectivity index (χ4n) is 3.39. The van der Waals surface area contributed by atoms with Gasteiger partial charge in [0.1, 0.15) is 5.75 Å². The molecule has 0 N–H and O–H groups in total. The first kappa shape index (κ1) is 21.3. The highest BCUT2D eigenvalue weighted by Crippen LogP contribution is 2.22. The molecule has 0 unspecified atom stereocenters. The zero-order valence-corrected chi connectivity index (χ0v) is 17.5. The molecule has 0 saturated carbocycles. The van der Waals surface area contributed by atoms with Crippen LogP contribution < -0.4 is 4.74 Å². The second-order valence-corrected chi connectivity index (χ2v) is 8.95. The quantitative estimate of drug-likeness (QED) is 0.494. The maximum absolute atomic E-state index is 12.8. The zero-order chi connectivity index (χ0) is 20.7. The van der Waals surface area contributed by atoms with Crippen molar-refractivity contribution in [1.29, 1.82) is 0 Å². The Bertz CT molecular complexity index is 957. The summed E-state index contributed by atoms with van der Waals surface area (Å²) in [4.78, 5) is 12.7. The molecule has 0 aliphatic carbocycles. The number of ketones is 1. The lowest BCUT2D eigenvalue weighted by Gasteiger charge is -2.19. The Morgan fingerprint density at radius 1 is 1.00 bits per heavy atom. The summed E-state index contributed by atoms with van der Waals surface area (Å²) in [6.45, 7) is 3.58. The van der Waals surface area contributed by atoms with E-state index in [0.717, 1.165) is 37.0 Å². The Kier molecular flexibility index (Phi) is 7.23. The van der Waals surface area contributed by atoms with Gasteiger partial charge in [-0.1, -0.05) is 31.0 Å². The second kappa shape index (κ2) is 9.85. The van der Waals surface area contributed by atoms with E-state index in [9.17, 15) is 13.2 Å². The molecule has 1 fully saturated rings. The van der Waals surface area contributed by atoms with Gasteiger partial charge in [0.2, 0.25) is 10.0 Å². The van der Waals surface area contributed by atoms with Crippen molar-refractivity contribution in [3.8, 4) is 5.75 Å². The first-order chi connectivity index (χ1) is 14.0. The summed E-state index contributed by atoms with van der Waals surface area (Å²) >= 11 is 0. The highest BCUT2D eigenvalue weighted by atomic mass is 32.2. The Morgan fingerprint density at radius 3 is 2.31 bits per heavy atom. The molecular formula is C23H27NO4S. The molecule has 2 aromatic rings. The van der Waals surface area contributed by atoms with Crippen molar-refractivity contribution in [1.82, 2.24) is 4.31 Å². The number of sulfonamides is 1. The van der Waals surface area contributed by atoms with Gasteiger partial charge in [-0.2, -0.15) is 4.31 Å². The maximum Gasteiger partial charge on any atom is 0.243 e. The van der Waals surface area contributed by atoms with Crippen LogP contribution in [-0.4, -0.2) is 38.2 Å². The van der Waals surface area contributed by atoms with Gasteiger partial charge < -0.3 is 4.74 Å². The first-order valence-electron chi connectivity index (χ1n) is 10.1. The average molecular weight is 414 g/mol. The topological polar surface area (TPSA) is 63.7 Å². The Balaban J connectivity index is 1.73. The molecule has 0 atom stereocenters. The van der Waals surface area contributed by atoms with Crippen molar-refractivity contribution >= 4 is 21.9 Å². The second-order valence-electron chi connectivity index (χ2n) is 7.01. The number of benzene rings is 2. The van der Waals surface area contributed by atoms with Crippen LogP contribution in [0.15, 0.2) is 59.5 Å². The van der Waals surface area contributed by atoms with Crippen LogP contribution in [0.2, 0.25) is 0 Å². The minimum absolute atomic E-state index is 0.185. The number of para-hydroxylation sites is 1. The summed E-state index contributed by atoms with van der Waals surface area (Å²) < 4.78 is 32.8. The van der Waals surface area contributed by atoms with Gasteiger partial charge >= 0.3 is 0 Å². The van der Waals surface area contributed by atoms with Gasteiger partial charge in [0.05, 0.1) is 11.5 Å². The van der Waals surface area contributed by atoms with Gasteiger partial charge in [-0.15, -0.1) is 0 Å². The highest BCUT2D eigenvalue weighted by molar-refractivity contribution is 7.89. The molecule has 0 bridgehead atoms. The van der Waals surface area contributed by atoms with Gasteiger partial charge in [0.15, 0.2) is 5.78 Å². The number of carbonyl (C=O) groups is 1. The van der Waals surface area contributed by atoms with Crippen LogP contribution in [0.5, 0.6) is 5.75 Å². The van der Waals surface area contributed by atoms with Gasteiger partial charge in [-0.05, 0) is 62.2 Å². The van der Waals surface area contributed by atoms with Crippen molar-refractivity contribution in [2.45, 2.75) is 37.5 Å². The van der Waals surface area contributed by atoms with Crippen LogP contribution in [0.4, 0.5) is 0 Å². The minimum Gasteiger partial charge on any atom is -0.493 e. The lowest BCUT2D eigenvalue weighted by atomic mass is 10.1. The molecule has 0 amide bonds. The summed E-state index contributed by atoms with van der Waals surface area (Å²) in [5.74, 6) is 0.535. The van der Waals surface area contributed by atoms with Crippen molar-refractivity contribution in [2.24, 2.45) is 0 Å². The number of ether oxygens (including phenoxy) is 1. The largest absolute Gasteiger partial charge is 0.493 e. The van der Waals surface area contributed by atoms with Crippen LogP contribution in [0, 0.1) is 0 Å². The number of allylic oxidation sites excluding steroid dienone is 1. The van der Waals surface area contributed by atoms with Crippen LogP contribution in [0.1, 0.15) is 48.5 Å². The number of hydrogen-bond donors (Lipinski definition) is 0. The van der Waals surface area contributed by atoms with Gasteiger partial charge in [0.25, 0.3) is 0 Å². The predicted octanol–water partition coefficient (Wildman–Crippen LogP) is 4.55. The predicted molar refractivity (Wildman–Crippen MR) is 115 cm³/mol. The molecule has 5 nitrogen and oxygen atoms in total. The van der Waals surface area contributed by atoms with E-state index in [1.54, 1.807) is 22.5 Å². The van der Waals surface area contributed by atoms with E-state index in [2.05, 4.69) is 0 Å². The fourth-order valence-corrected chi connectivity index (χ4v) is 4.91. The number of hydrogen-bond acceptors (Lipinski definition) is 4. The van der Waals surface area contributed by atoms with Crippen molar-refractivity contribution < 1.29 is 17.9 Å². The highest BCUT2D eigenvalue weighted by Gasteiger charge is 2.25. The van der Waals surface area contributed by atoms with Gasteiger partial charge in [-0.3, -0.25) is 4.79 Å². The third kappa shape index (κ3) is 5.34. The van der Waals surface area contributed by atoms with Crippen molar-refractivity contribution in [2.75, 3.05) is 19.7 Å². The molecule has 0 aromatic heterocycles. The number of rotatable bonds is 7. The van der Waals surface area contributed by atoms with Crippen LogP contribution >= 0.6 is 0 Å². The number of carbonyl (C=O) groups excluding carboxylic acids is 1. The molecule has 0 radical (unpaired) electrons. The third-order valence-corrected chi connectivity index (χ3v) is 6.89. The fraction of sp³-hybridized carbons (Fsp3) is 0.348. The molecule has 0 spiro atoms. The van der Waals surface area contributed by atoms with E-state index in [4.69, 9.17) is 4.74 Å². The normalized spacial score (nSPS) is 15.9. The van der Waals surface area contributed by atoms with Gasteiger partial charge in [-0.25, -0.2) is 8.42 Å². The molecule has 1 heterocycles. The molecular weight excluding hydrogens is 386 g/mol. The first-order valence-corrected chi connectivity index (χ1v) is 11.5. The molecule has 3 rings (SSSR count). The summed E-state index contributed by atoms with van der Waals surface area (Å²) in [5, 5.41) is 0. The summed E-state index contributed by atoms with van der Waals surface area (Å²) in [6, 6.07) is 13.7. The third-order valence-electron chi connectivity index (χ3n) is 4.97. The zero-order valence-electron chi connectivity index (χ0n) is 16.7. The monoisotopic (exact) mass is 413 g/mol. The number of nitrogens with zero attached hydrogens (tertiary/aromatic N) is 1. The molecule has 1 aliphatic heterocycles. The van der Waals surface area contributed by atoms with E-state index >= 15 is 0 Å². The van der Waals surface area contributed by atoms with Crippen LogP contribution in [-0.2, 0) is 10.0 Å². The lowest BCUT2D eigenvalue weighted by Crippen LogP contribution is -2.31. The molecule has 29 heavy (non-hydrogen) atoms. The van der Waals surface area contributed by atoms with Crippen molar-refractivity contribution in [3.63, 3.8) is 0 Å². The minimum atomic E-state index is -3.51. The summed E-state index contributed by atoms with van der Waals surface area (Å²) in [5.41, 5.74) is 1.27. The Hall–Kier alpha value is -2.44. The van der Waals surface area contributed by atoms with Crippen LogP contribution in [0.25, 0.3) is 6.08 Å². The Labute approximate surface area is 173 Å². The molecule has 2 aromatic carbocycles. The molecule has 1 aliphatic rings. The van der Waals surface area contributed by atoms with E-state index in [0.29, 0.717) is 25.3 Å². The summed E-state index contributed by atoms with van der Waals surface area (Å²) in [7, 11) is -3.51. The molecule has 6 heteroatoms. The molecule has 154 valence electrons. The lowest BCUT2D eigenvalue weighted by molar-refractivity contribution is 0.104. The summed E-state index contributed by atoms with van der Waals surface area (Å²) in [6.07, 6.45) is 7.12. The van der Waals surface area contributed by atoms with E-state index in [1.807, 2.05) is 31.2 Å². The van der Waals surface area contributed by atoms with Crippen LogP contribution in [0.3, 0.4) is 0 Å². The van der Waals surface area contributed by atoms with Gasteiger partial charge in [0, 0.05) is 24.2 Å². The average Bonchev–Trinajstić information content (AvgIpc) is 3.03. The maximum atomic E-state index is 12.8. The standard InChI is InChI=1S/C23H27NO4S/c1-2-28-23-10-6-5-9-20(23)13-16-22(25)19-11-14-21(15-12-19)29(26,27)24-17-7-3-4-8-18-24/h5-6,9-16H,2-4,7-8,17-18H2,1H3. The van der Waals surface area contributed by atoms with E-state index < -0.39 is 10.0 Å². The molecule has 1 saturated heterocycles.